The van der Waals surface area contributed by atoms with Crippen LogP contribution in [0.15, 0.2) is 35.2 Å². The van der Waals surface area contributed by atoms with Crippen molar-refractivity contribution < 1.29 is 4.79 Å². The van der Waals surface area contributed by atoms with Crippen molar-refractivity contribution >= 4 is 50.3 Å². The van der Waals surface area contributed by atoms with Crippen LogP contribution >= 0.6 is 27.5 Å². The Hall–Kier alpha value is -2.23. The summed E-state index contributed by atoms with van der Waals surface area (Å²) in [6, 6.07) is 7.28. The second kappa shape index (κ2) is 7.89. The zero-order valence-corrected chi connectivity index (χ0v) is 18.2. The fraction of sp³-hybridized carbons (Fsp3) is 0.368. The van der Waals surface area contributed by atoms with Gasteiger partial charge in [0.2, 0.25) is 5.91 Å². The van der Waals surface area contributed by atoms with E-state index in [1.54, 1.807) is 0 Å². The first-order valence-electron chi connectivity index (χ1n) is 9.32. The number of piperidine rings is 1. The Morgan fingerprint density at radius 2 is 2.00 bits per heavy atom. The number of halogens is 2. The number of aromatic nitrogens is 4. The number of nitrogens with one attached hydrogen (secondary N) is 2. The van der Waals surface area contributed by atoms with E-state index in [4.69, 9.17) is 17.3 Å². The van der Waals surface area contributed by atoms with Crippen LogP contribution in [0.5, 0.6) is 0 Å². The number of nitrogens with two attached hydrogens (primary N) is 1. The molecule has 0 spiro atoms. The number of aromatic amines is 1. The molecule has 1 atom stereocenters. The molecule has 4 N–H and O–H groups in total. The van der Waals surface area contributed by atoms with E-state index in [1.165, 1.54) is 6.33 Å². The van der Waals surface area contributed by atoms with Crippen LogP contribution in [0.4, 0.5) is 5.82 Å². The third-order valence-corrected chi connectivity index (χ3v) is 6.24. The number of benzene rings is 1. The van der Waals surface area contributed by atoms with E-state index < -0.39 is 5.54 Å². The highest BCUT2D eigenvalue weighted by Crippen LogP contribution is 2.31. The molecule has 1 aliphatic rings. The van der Waals surface area contributed by atoms with Crippen molar-refractivity contribution in [3.63, 3.8) is 0 Å². The minimum absolute atomic E-state index is 0.142. The molecule has 8 nitrogen and oxygen atoms in total. The summed E-state index contributed by atoms with van der Waals surface area (Å²) in [6.07, 6.45) is 2.54. The van der Waals surface area contributed by atoms with Gasteiger partial charge in [-0.2, -0.15) is 5.10 Å². The van der Waals surface area contributed by atoms with E-state index >= 15 is 0 Å². The SMILES string of the molecule is C[C@H](NC(=O)C1(N)CCN(c2ncnc3n[nH]c(Br)c23)CC1)c1ccc(Cl)cc1. The van der Waals surface area contributed by atoms with Gasteiger partial charge in [-0.1, -0.05) is 23.7 Å². The molecule has 3 heterocycles. The average molecular weight is 479 g/mol. The summed E-state index contributed by atoms with van der Waals surface area (Å²) in [7, 11) is 0. The first-order valence-corrected chi connectivity index (χ1v) is 10.5. The van der Waals surface area contributed by atoms with Gasteiger partial charge in [0.1, 0.15) is 16.7 Å². The third kappa shape index (κ3) is 3.94. The van der Waals surface area contributed by atoms with E-state index in [-0.39, 0.29) is 11.9 Å². The normalized spacial score (nSPS) is 17.3. The molecule has 3 aromatic rings. The number of fused-ring (bicyclic) bond motifs is 1. The molecule has 2 aromatic heterocycles. The molecule has 0 saturated carbocycles. The minimum atomic E-state index is -0.920. The molecule has 1 fully saturated rings. The maximum Gasteiger partial charge on any atom is 0.240 e. The number of nitrogens with zero attached hydrogens (tertiary/aromatic N) is 4. The number of hydrogen-bond donors (Lipinski definition) is 3. The van der Waals surface area contributed by atoms with Gasteiger partial charge in [0.15, 0.2) is 5.65 Å². The Labute approximate surface area is 181 Å². The van der Waals surface area contributed by atoms with Gasteiger partial charge in [0, 0.05) is 18.1 Å². The van der Waals surface area contributed by atoms with Crippen molar-refractivity contribution in [3.05, 3.63) is 45.8 Å². The highest BCUT2D eigenvalue weighted by molar-refractivity contribution is 9.10. The van der Waals surface area contributed by atoms with Crippen LogP contribution in [-0.2, 0) is 4.79 Å². The molecule has 4 rings (SSSR count). The number of carbonyl (C=O) groups is 1. The van der Waals surface area contributed by atoms with Gasteiger partial charge in [0.05, 0.1) is 17.0 Å². The van der Waals surface area contributed by atoms with Crippen molar-refractivity contribution in [2.24, 2.45) is 5.73 Å². The lowest BCUT2D eigenvalue weighted by Crippen LogP contribution is -2.60. The van der Waals surface area contributed by atoms with Crippen molar-refractivity contribution in [3.8, 4) is 0 Å². The van der Waals surface area contributed by atoms with Gasteiger partial charge in [-0.15, -0.1) is 0 Å². The Morgan fingerprint density at radius 3 is 2.69 bits per heavy atom. The Bertz CT molecular complexity index is 1030. The third-order valence-electron chi connectivity index (χ3n) is 5.41. The number of rotatable bonds is 4. The minimum Gasteiger partial charge on any atom is -0.356 e. The first-order chi connectivity index (χ1) is 13.9. The summed E-state index contributed by atoms with van der Waals surface area (Å²) in [6.45, 7) is 3.17. The highest BCUT2D eigenvalue weighted by Gasteiger charge is 2.39. The molecule has 1 aliphatic heterocycles. The highest BCUT2D eigenvalue weighted by atomic mass is 79.9. The summed E-state index contributed by atoms with van der Waals surface area (Å²) < 4.78 is 0.738. The van der Waals surface area contributed by atoms with Gasteiger partial charge in [-0.05, 0) is 53.4 Å². The predicted molar refractivity (Wildman–Crippen MR) is 116 cm³/mol. The Balaban J connectivity index is 1.44. The quantitative estimate of drug-likeness (QED) is 0.531. The molecular weight excluding hydrogens is 458 g/mol. The molecular formula is C19H21BrClN7O. The van der Waals surface area contributed by atoms with E-state index in [0.717, 1.165) is 21.4 Å². The molecule has 0 unspecified atom stereocenters. The molecule has 0 radical (unpaired) electrons. The topological polar surface area (TPSA) is 113 Å². The molecule has 1 saturated heterocycles. The first kappa shape index (κ1) is 20.1. The summed E-state index contributed by atoms with van der Waals surface area (Å²) in [5.41, 5.74) is 7.16. The second-order valence-electron chi connectivity index (χ2n) is 7.32. The smallest absolute Gasteiger partial charge is 0.240 e. The number of hydrogen-bond acceptors (Lipinski definition) is 6. The molecule has 1 aromatic carbocycles. The average Bonchev–Trinajstić information content (AvgIpc) is 3.10. The van der Waals surface area contributed by atoms with Crippen LogP contribution in [0.3, 0.4) is 0 Å². The molecule has 10 heteroatoms. The van der Waals surface area contributed by atoms with Crippen LogP contribution in [0.25, 0.3) is 11.0 Å². The van der Waals surface area contributed by atoms with Crippen LogP contribution in [0.2, 0.25) is 5.02 Å². The number of H-pyrrole nitrogens is 1. The zero-order chi connectivity index (χ0) is 20.6. The lowest BCUT2D eigenvalue weighted by atomic mass is 9.87. The summed E-state index contributed by atoms with van der Waals surface area (Å²) >= 11 is 9.40. The summed E-state index contributed by atoms with van der Waals surface area (Å²) in [4.78, 5) is 23.6. The number of anilines is 1. The van der Waals surface area contributed by atoms with Crippen LogP contribution in [0, 0.1) is 0 Å². The largest absolute Gasteiger partial charge is 0.356 e. The van der Waals surface area contributed by atoms with Gasteiger partial charge < -0.3 is 16.0 Å². The van der Waals surface area contributed by atoms with Gasteiger partial charge in [-0.25, -0.2) is 9.97 Å². The van der Waals surface area contributed by atoms with E-state index in [0.29, 0.717) is 36.6 Å². The lowest BCUT2D eigenvalue weighted by molar-refractivity contribution is -0.127. The lowest BCUT2D eigenvalue weighted by Gasteiger charge is -2.39. The van der Waals surface area contributed by atoms with Crippen LogP contribution in [0.1, 0.15) is 31.4 Å². The molecule has 0 bridgehead atoms. The van der Waals surface area contributed by atoms with E-state index in [1.807, 2.05) is 31.2 Å². The van der Waals surface area contributed by atoms with Gasteiger partial charge in [0.25, 0.3) is 0 Å². The standard InChI is InChI=1S/C19H21BrClN7O/c1-11(12-2-4-13(21)5-3-12)25-18(29)19(22)6-8-28(9-7-19)17-14-15(20)26-27-16(14)23-10-24-17/h2-5,10-11H,6-9,22H2,1H3,(H,25,29)(H,23,24,26,27)/t11-/m0/s1. The van der Waals surface area contributed by atoms with Crippen molar-refractivity contribution in [1.29, 1.82) is 0 Å². The number of carbonyl (C=O) groups excluding carboxylic acids is 1. The van der Waals surface area contributed by atoms with E-state index in [2.05, 4.69) is 46.3 Å². The van der Waals surface area contributed by atoms with Gasteiger partial charge >= 0.3 is 0 Å². The Kier molecular flexibility index (Phi) is 5.46. The van der Waals surface area contributed by atoms with Gasteiger partial charge in [-0.3, -0.25) is 9.89 Å². The molecule has 29 heavy (non-hydrogen) atoms. The Morgan fingerprint density at radius 1 is 1.31 bits per heavy atom. The predicted octanol–water partition coefficient (Wildman–Crippen LogP) is 2.94. The summed E-state index contributed by atoms with van der Waals surface area (Å²) in [5.74, 6) is 0.643. The number of amides is 1. The fourth-order valence-electron chi connectivity index (χ4n) is 3.57. The maximum absolute atomic E-state index is 12.9. The summed E-state index contributed by atoms with van der Waals surface area (Å²) in [5, 5.41) is 11.6. The second-order valence-corrected chi connectivity index (χ2v) is 8.55. The van der Waals surface area contributed by atoms with Crippen LogP contribution in [-0.4, -0.2) is 44.7 Å². The zero-order valence-electron chi connectivity index (χ0n) is 15.8. The monoisotopic (exact) mass is 477 g/mol. The van der Waals surface area contributed by atoms with Crippen molar-refractivity contribution in [1.82, 2.24) is 25.5 Å². The van der Waals surface area contributed by atoms with Crippen molar-refractivity contribution in [2.45, 2.75) is 31.3 Å². The van der Waals surface area contributed by atoms with Crippen molar-refractivity contribution in [2.75, 3.05) is 18.0 Å². The molecule has 0 aliphatic carbocycles. The molecule has 1 amide bonds. The van der Waals surface area contributed by atoms with E-state index in [9.17, 15) is 4.79 Å². The fourth-order valence-corrected chi connectivity index (χ4v) is 4.14. The van der Waals surface area contributed by atoms with Crippen LogP contribution < -0.4 is 16.0 Å². The maximum atomic E-state index is 12.9. The molecule has 152 valence electrons.